The average Bonchev–Trinajstić information content (AvgIpc) is 2.93. The quantitative estimate of drug-likeness (QED) is 0.222. The Morgan fingerprint density at radius 1 is 0.974 bits per heavy atom. The van der Waals surface area contributed by atoms with Crippen LogP contribution in [-0.4, -0.2) is 43.0 Å². The normalized spacial score (nSPS) is 14.0. The molecule has 1 saturated heterocycles. The van der Waals surface area contributed by atoms with E-state index in [0.29, 0.717) is 29.3 Å². The Morgan fingerprint density at radius 2 is 1.63 bits per heavy atom. The van der Waals surface area contributed by atoms with E-state index in [9.17, 15) is 9.59 Å². The summed E-state index contributed by atoms with van der Waals surface area (Å²) in [5.41, 5.74) is 5.54. The predicted molar refractivity (Wildman–Crippen MR) is 149 cm³/mol. The number of nitrogens with one attached hydrogen (secondary N) is 1. The summed E-state index contributed by atoms with van der Waals surface area (Å²) in [6, 6.07) is 23.3. The number of esters is 1. The molecule has 6 nitrogen and oxygen atoms in total. The Hall–Kier alpha value is -3.95. The van der Waals surface area contributed by atoms with Gasteiger partial charge < -0.3 is 15.0 Å². The van der Waals surface area contributed by atoms with Gasteiger partial charge in [-0.25, -0.2) is 0 Å². The fourth-order valence-corrected chi connectivity index (χ4v) is 5.01. The van der Waals surface area contributed by atoms with Crippen molar-refractivity contribution in [2.45, 2.75) is 45.4 Å². The molecule has 38 heavy (non-hydrogen) atoms. The summed E-state index contributed by atoms with van der Waals surface area (Å²) in [4.78, 5) is 26.6. The molecule has 1 aliphatic rings. The number of rotatable bonds is 9. The maximum atomic E-state index is 12.5. The molecule has 0 saturated carbocycles. The van der Waals surface area contributed by atoms with Gasteiger partial charge in [-0.15, -0.1) is 0 Å². The van der Waals surface area contributed by atoms with E-state index in [1.165, 1.54) is 6.92 Å². The number of likely N-dealkylation sites (tertiary alicyclic amines) is 1. The van der Waals surface area contributed by atoms with E-state index < -0.39 is 0 Å². The fourth-order valence-electron chi connectivity index (χ4n) is 5.01. The molecule has 1 fully saturated rings. The monoisotopic (exact) mass is 509 g/mol. The molecule has 196 valence electrons. The SMILES string of the molecule is CC(=O)Oc1cc(C)ccc1C1CCN(CCCCNC(=O)c2ccc(-c3ccc(C#N)cc3)cc2)CC1. The molecule has 0 radical (unpaired) electrons. The van der Waals surface area contributed by atoms with Crippen molar-refractivity contribution in [1.29, 1.82) is 5.26 Å². The van der Waals surface area contributed by atoms with Gasteiger partial charge in [-0.3, -0.25) is 9.59 Å². The molecular formula is C32H35N3O3. The Kier molecular flexibility index (Phi) is 9.29. The third-order valence-corrected chi connectivity index (χ3v) is 7.13. The van der Waals surface area contributed by atoms with E-state index >= 15 is 0 Å². The largest absolute Gasteiger partial charge is 0.426 e. The number of piperidine rings is 1. The van der Waals surface area contributed by atoms with Crippen LogP contribution in [0, 0.1) is 18.3 Å². The van der Waals surface area contributed by atoms with Crippen LogP contribution in [0.25, 0.3) is 11.1 Å². The van der Waals surface area contributed by atoms with Crippen molar-refractivity contribution in [3.63, 3.8) is 0 Å². The molecule has 0 unspecified atom stereocenters. The highest BCUT2D eigenvalue weighted by Crippen LogP contribution is 2.35. The molecule has 1 heterocycles. The molecule has 4 rings (SSSR count). The zero-order valence-electron chi connectivity index (χ0n) is 22.2. The summed E-state index contributed by atoms with van der Waals surface area (Å²) < 4.78 is 5.49. The number of benzene rings is 3. The van der Waals surface area contributed by atoms with Gasteiger partial charge >= 0.3 is 5.97 Å². The van der Waals surface area contributed by atoms with Gasteiger partial charge in [0.25, 0.3) is 5.91 Å². The van der Waals surface area contributed by atoms with Crippen molar-refractivity contribution in [2.75, 3.05) is 26.2 Å². The second-order valence-electron chi connectivity index (χ2n) is 9.98. The van der Waals surface area contributed by atoms with E-state index in [4.69, 9.17) is 10.00 Å². The lowest BCUT2D eigenvalue weighted by Gasteiger charge is -2.32. The minimum Gasteiger partial charge on any atom is -0.426 e. The van der Waals surface area contributed by atoms with Crippen LogP contribution in [0.5, 0.6) is 5.75 Å². The van der Waals surface area contributed by atoms with Crippen LogP contribution in [0.3, 0.4) is 0 Å². The first-order valence-corrected chi connectivity index (χ1v) is 13.3. The fraction of sp³-hybridized carbons (Fsp3) is 0.344. The highest BCUT2D eigenvalue weighted by molar-refractivity contribution is 5.94. The molecule has 1 N–H and O–H groups in total. The van der Waals surface area contributed by atoms with Crippen LogP contribution in [0.1, 0.15) is 65.6 Å². The zero-order valence-corrected chi connectivity index (χ0v) is 22.2. The molecule has 1 aliphatic heterocycles. The molecule has 0 atom stereocenters. The van der Waals surface area contributed by atoms with Crippen molar-refractivity contribution in [3.8, 4) is 22.9 Å². The first kappa shape index (κ1) is 27.1. The minimum absolute atomic E-state index is 0.0566. The molecule has 3 aromatic carbocycles. The molecule has 0 spiro atoms. The Morgan fingerprint density at radius 3 is 2.26 bits per heavy atom. The number of amides is 1. The molecule has 0 aliphatic carbocycles. The first-order valence-electron chi connectivity index (χ1n) is 13.3. The lowest BCUT2D eigenvalue weighted by Crippen LogP contribution is -2.34. The highest BCUT2D eigenvalue weighted by Gasteiger charge is 2.23. The van der Waals surface area contributed by atoms with E-state index in [0.717, 1.165) is 67.6 Å². The number of hydrogen-bond donors (Lipinski definition) is 1. The molecule has 3 aromatic rings. The van der Waals surface area contributed by atoms with E-state index in [-0.39, 0.29) is 11.9 Å². The number of hydrogen-bond acceptors (Lipinski definition) is 5. The maximum Gasteiger partial charge on any atom is 0.308 e. The van der Waals surface area contributed by atoms with E-state index in [1.54, 1.807) is 12.1 Å². The van der Waals surface area contributed by atoms with E-state index in [1.807, 2.05) is 49.4 Å². The lowest BCUT2D eigenvalue weighted by atomic mass is 9.88. The van der Waals surface area contributed by atoms with E-state index in [2.05, 4.69) is 28.4 Å². The van der Waals surface area contributed by atoms with Gasteiger partial charge in [0.05, 0.1) is 11.6 Å². The summed E-state index contributed by atoms with van der Waals surface area (Å²) in [6.07, 6.45) is 4.06. The third kappa shape index (κ3) is 7.30. The van der Waals surface area contributed by atoms with Gasteiger partial charge in [0.1, 0.15) is 5.75 Å². The van der Waals surface area contributed by atoms with Gasteiger partial charge in [-0.2, -0.15) is 5.26 Å². The van der Waals surface area contributed by atoms with Gasteiger partial charge in [0, 0.05) is 19.0 Å². The second-order valence-corrected chi connectivity index (χ2v) is 9.98. The molecule has 0 bridgehead atoms. The number of unbranched alkanes of at least 4 members (excludes halogenated alkanes) is 1. The molecule has 6 heteroatoms. The van der Waals surface area contributed by atoms with Crippen LogP contribution in [0.4, 0.5) is 0 Å². The minimum atomic E-state index is -0.276. The van der Waals surface area contributed by atoms with Crippen molar-refractivity contribution in [3.05, 3.63) is 89.0 Å². The van der Waals surface area contributed by atoms with Crippen LogP contribution < -0.4 is 10.1 Å². The summed E-state index contributed by atoms with van der Waals surface area (Å²) in [7, 11) is 0. The van der Waals surface area contributed by atoms with Crippen LogP contribution in [0.2, 0.25) is 0 Å². The smallest absolute Gasteiger partial charge is 0.308 e. The third-order valence-electron chi connectivity index (χ3n) is 7.13. The number of carbonyl (C=O) groups excluding carboxylic acids is 2. The number of nitrogens with zero attached hydrogens (tertiary/aromatic N) is 2. The lowest BCUT2D eigenvalue weighted by molar-refractivity contribution is -0.131. The highest BCUT2D eigenvalue weighted by atomic mass is 16.5. The molecular weight excluding hydrogens is 474 g/mol. The van der Waals surface area contributed by atoms with Gasteiger partial charge in [-0.05, 0) is 111 Å². The topological polar surface area (TPSA) is 82.4 Å². The molecule has 1 amide bonds. The number of carbonyl (C=O) groups is 2. The van der Waals surface area contributed by atoms with Gasteiger partial charge in [-0.1, -0.05) is 36.4 Å². The summed E-state index contributed by atoms with van der Waals surface area (Å²) in [5.74, 6) is 0.778. The van der Waals surface area contributed by atoms with Crippen molar-refractivity contribution in [2.24, 2.45) is 0 Å². The Balaban J connectivity index is 1.16. The van der Waals surface area contributed by atoms with Crippen molar-refractivity contribution < 1.29 is 14.3 Å². The first-order chi connectivity index (χ1) is 18.4. The van der Waals surface area contributed by atoms with Gasteiger partial charge in [0.15, 0.2) is 0 Å². The Bertz CT molecular complexity index is 1290. The zero-order chi connectivity index (χ0) is 26.9. The van der Waals surface area contributed by atoms with Crippen molar-refractivity contribution >= 4 is 11.9 Å². The number of aryl methyl sites for hydroxylation is 1. The number of ether oxygens (including phenoxy) is 1. The van der Waals surface area contributed by atoms with Crippen LogP contribution >= 0.6 is 0 Å². The number of nitriles is 1. The average molecular weight is 510 g/mol. The second kappa shape index (κ2) is 13.0. The summed E-state index contributed by atoms with van der Waals surface area (Å²) in [6.45, 7) is 7.18. The van der Waals surface area contributed by atoms with Gasteiger partial charge in [0.2, 0.25) is 0 Å². The Labute approximate surface area is 225 Å². The standard InChI is InChI=1S/C32H35N3O3/c1-23-5-14-30(31(21-23)38-24(2)36)28-15-19-35(20-16-28)18-4-3-17-34-32(37)29-12-10-27(11-13-29)26-8-6-25(22-33)7-9-26/h5-14,21,28H,3-4,15-20H2,1-2H3,(H,34,37). The predicted octanol–water partition coefficient (Wildman–Crippen LogP) is 5.85. The maximum absolute atomic E-state index is 12.5. The van der Waals surface area contributed by atoms with Crippen LogP contribution in [0.15, 0.2) is 66.7 Å². The summed E-state index contributed by atoms with van der Waals surface area (Å²) in [5, 5.41) is 12.0. The summed E-state index contributed by atoms with van der Waals surface area (Å²) >= 11 is 0. The van der Waals surface area contributed by atoms with Crippen LogP contribution in [-0.2, 0) is 4.79 Å². The van der Waals surface area contributed by atoms with Crippen molar-refractivity contribution in [1.82, 2.24) is 10.2 Å². The molecule has 0 aromatic heterocycles.